The van der Waals surface area contributed by atoms with E-state index in [-0.39, 0.29) is 12.3 Å². The number of hydrogen-bond acceptors (Lipinski definition) is 1. The highest BCUT2D eigenvalue weighted by Gasteiger charge is 2.63. The van der Waals surface area contributed by atoms with Crippen molar-refractivity contribution >= 4 is 0 Å². The van der Waals surface area contributed by atoms with Crippen molar-refractivity contribution < 1.29 is 18.3 Å². The first kappa shape index (κ1) is 8.10. The molecular formula is C8H9F3O. The molecule has 0 aromatic carbocycles. The van der Waals surface area contributed by atoms with Crippen molar-refractivity contribution in [2.45, 2.75) is 24.6 Å². The van der Waals surface area contributed by atoms with Crippen molar-refractivity contribution in [2.75, 3.05) is 0 Å². The monoisotopic (exact) mass is 178 g/mol. The van der Waals surface area contributed by atoms with E-state index in [2.05, 4.69) is 0 Å². The number of hydrogen-bond donors (Lipinski definition) is 1. The molecule has 2 rings (SSSR count). The Morgan fingerprint density at radius 1 is 1.33 bits per heavy atom. The lowest BCUT2D eigenvalue weighted by Gasteiger charge is -2.31. The first-order chi connectivity index (χ1) is 5.43. The van der Waals surface area contributed by atoms with Crippen LogP contribution in [0, 0.1) is 11.8 Å². The Kier molecular flexibility index (Phi) is 1.38. The molecule has 0 heterocycles. The molecule has 4 heteroatoms. The van der Waals surface area contributed by atoms with Gasteiger partial charge in [0.1, 0.15) is 0 Å². The minimum Gasteiger partial charge on any atom is -0.380 e. The maximum absolute atomic E-state index is 12.3. The minimum atomic E-state index is -4.48. The van der Waals surface area contributed by atoms with Gasteiger partial charge in [0.05, 0.1) is 0 Å². The summed E-state index contributed by atoms with van der Waals surface area (Å²) in [6, 6.07) is 0. The lowest BCUT2D eigenvalue weighted by atomic mass is 9.88. The molecule has 1 saturated carbocycles. The molecule has 0 saturated heterocycles. The van der Waals surface area contributed by atoms with E-state index in [9.17, 15) is 18.3 Å². The molecule has 2 aliphatic carbocycles. The van der Waals surface area contributed by atoms with Crippen molar-refractivity contribution in [1.29, 1.82) is 0 Å². The Morgan fingerprint density at radius 2 is 2.00 bits per heavy atom. The number of alkyl halides is 3. The van der Waals surface area contributed by atoms with Gasteiger partial charge < -0.3 is 5.11 Å². The zero-order valence-electron chi connectivity index (χ0n) is 6.30. The molecule has 1 unspecified atom stereocenters. The quantitative estimate of drug-likeness (QED) is 0.561. The standard InChI is InChI=1S/C8H9F3O/c9-8(10,11)7(12)4-5-1-2-6(7)3-5/h1-2,5-6,12H,3-4H2/t5-,6+,7?/m0/s1. The summed E-state index contributed by atoms with van der Waals surface area (Å²) in [5.74, 6) is -0.774. The van der Waals surface area contributed by atoms with Crippen LogP contribution in [0.4, 0.5) is 13.2 Å². The Balaban J connectivity index is 2.30. The molecule has 0 spiro atoms. The van der Waals surface area contributed by atoms with Crippen molar-refractivity contribution in [3.05, 3.63) is 12.2 Å². The number of halogens is 3. The number of fused-ring (bicyclic) bond motifs is 2. The van der Waals surface area contributed by atoms with E-state index < -0.39 is 17.7 Å². The van der Waals surface area contributed by atoms with Gasteiger partial charge in [0.25, 0.3) is 0 Å². The highest BCUT2D eigenvalue weighted by molar-refractivity contribution is 5.18. The third kappa shape index (κ3) is 0.843. The summed E-state index contributed by atoms with van der Waals surface area (Å²) in [5.41, 5.74) is -2.44. The van der Waals surface area contributed by atoms with Gasteiger partial charge in [0.15, 0.2) is 5.60 Å². The lowest BCUT2D eigenvalue weighted by Crippen LogP contribution is -2.48. The van der Waals surface area contributed by atoms with Crippen LogP contribution in [0.5, 0.6) is 0 Å². The van der Waals surface area contributed by atoms with Crippen LogP contribution in [-0.4, -0.2) is 16.9 Å². The summed E-state index contributed by atoms with van der Waals surface area (Å²) in [7, 11) is 0. The van der Waals surface area contributed by atoms with Gasteiger partial charge in [-0.25, -0.2) is 0 Å². The molecule has 2 bridgehead atoms. The second-order valence-electron chi connectivity index (χ2n) is 3.61. The van der Waals surface area contributed by atoms with Crippen molar-refractivity contribution in [2.24, 2.45) is 11.8 Å². The second-order valence-corrected chi connectivity index (χ2v) is 3.61. The third-order valence-corrected chi connectivity index (χ3v) is 2.85. The van der Waals surface area contributed by atoms with Gasteiger partial charge in [0, 0.05) is 5.92 Å². The maximum Gasteiger partial charge on any atom is 0.417 e. The van der Waals surface area contributed by atoms with Crippen LogP contribution < -0.4 is 0 Å². The van der Waals surface area contributed by atoms with Crippen LogP contribution in [0.1, 0.15) is 12.8 Å². The van der Waals surface area contributed by atoms with Gasteiger partial charge in [-0.3, -0.25) is 0 Å². The molecule has 12 heavy (non-hydrogen) atoms. The summed E-state index contributed by atoms with van der Waals surface area (Å²) in [6.45, 7) is 0. The van der Waals surface area contributed by atoms with Crippen LogP contribution in [0.25, 0.3) is 0 Å². The summed E-state index contributed by atoms with van der Waals surface area (Å²) in [5, 5.41) is 9.34. The SMILES string of the molecule is OC1(C(F)(F)F)C[C@H]2C=C[C@@H]1C2. The maximum atomic E-state index is 12.3. The molecule has 1 N–H and O–H groups in total. The molecule has 0 aromatic rings. The number of aliphatic hydroxyl groups is 1. The largest absolute Gasteiger partial charge is 0.417 e. The zero-order chi connectivity index (χ0) is 8.98. The predicted molar refractivity (Wildman–Crippen MR) is 36.4 cm³/mol. The van der Waals surface area contributed by atoms with Crippen LogP contribution >= 0.6 is 0 Å². The molecule has 68 valence electrons. The van der Waals surface area contributed by atoms with Crippen LogP contribution in [0.3, 0.4) is 0 Å². The van der Waals surface area contributed by atoms with E-state index in [0.717, 1.165) is 0 Å². The topological polar surface area (TPSA) is 20.2 Å². The fourth-order valence-electron chi connectivity index (χ4n) is 2.16. The molecule has 0 aliphatic heterocycles. The van der Waals surface area contributed by atoms with Crippen molar-refractivity contribution in [3.8, 4) is 0 Å². The van der Waals surface area contributed by atoms with Gasteiger partial charge in [-0.05, 0) is 18.8 Å². The van der Waals surface area contributed by atoms with Gasteiger partial charge in [-0.1, -0.05) is 12.2 Å². The van der Waals surface area contributed by atoms with Crippen molar-refractivity contribution in [3.63, 3.8) is 0 Å². The van der Waals surface area contributed by atoms with E-state index in [0.29, 0.717) is 6.42 Å². The predicted octanol–water partition coefficient (Wildman–Crippen LogP) is 1.88. The minimum absolute atomic E-state index is 0.0679. The summed E-state index contributed by atoms with van der Waals surface area (Å²) in [6.07, 6.45) is -0.919. The van der Waals surface area contributed by atoms with E-state index in [1.165, 1.54) is 6.08 Å². The molecule has 2 aliphatic rings. The van der Waals surface area contributed by atoms with Gasteiger partial charge in [-0.2, -0.15) is 13.2 Å². The summed E-state index contributed by atoms with van der Waals surface area (Å²) >= 11 is 0. The van der Waals surface area contributed by atoms with Gasteiger partial charge in [0.2, 0.25) is 0 Å². The molecule has 1 fully saturated rings. The van der Waals surface area contributed by atoms with Crippen molar-refractivity contribution in [1.82, 2.24) is 0 Å². The van der Waals surface area contributed by atoms with E-state index in [1.807, 2.05) is 0 Å². The number of rotatable bonds is 0. The molecular weight excluding hydrogens is 169 g/mol. The summed E-state index contributed by atoms with van der Waals surface area (Å²) < 4.78 is 37.0. The zero-order valence-corrected chi connectivity index (χ0v) is 6.30. The fourth-order valence-corrected chi connectivity index (χ4v) is 2.16. The van der Waals surface area contributed by atoms with Crippen LogP contribution in [0.2, 0.25) is 0 Å². The molecule has 0 aromatic heterocycles. The smallest absolute Gasteiger partial charge is 0.380 e. The number of allylic oxidation sites excluding steroid dienone is 1. The Hall–Kier alpha value is -0.510. The molecule has 1 nitrogen and oxygen atoms in total. The van der Waals surface area contributed by atoms with E-state index in [4.69, 9.17) is 0 Å². The average Bonchev–Trinajstić information content (AvgIpc) is 2.43. The Labute approximate surface area is 67.9 Å². The molecule has 0 amide bonds. The van der Waals surface area contributed by atoms with Crippen LogP contribution in [-0.2, 0) is 0 Å². The Bertz CT molecular complexity index is 233. The van der Waals surface area contributed by atoms with Gasteiger partial charge >= 0.3 is 6.18 Å². The fraction of sp³-hybridized carbons (Fsp3) is 0.750. The molecule has 3 atom stereocenters. The first-order valence-electron chi connectivity index (χ1n) is 3.91. The van der Waals surface area contributed by atoms with E-state index >= 15 is 0 Å². The van der Waals surface area contributed by atoms with Crippen LogP contribution in [0.15, 0.2) is 12.2 Å². The normalized spacial score (nSPS) is 45.7. The van der Waals surface area contributed by atoms with Gasteiger partial charge in [-0.15, -0.1) is 0 Å². The second kappa shape index (κ2) is 2.05. The first-order valence-corrected chi connectivity index (χ1v) is 3.91. The highest BCUT2D eigenvalue weighted by atomic mass is 19.4. The summed E-state index contributed by atoms with van der Waals surface area (Å²) in [4.78, 5) is 0. The average molecular weight is 178 g/mol. The third-order valence-electron chi connectivity index (χ3n) is 2.85. The lowest BCUT2D eigenvalue weighted by molar-refractivity contribution is -0.268. The van der Waals surface area contributed by atoms with E-state index in [1.54, 1.807) is 6.08 Å². The Morgan fingerprint density at radius 3 is 2.25 bits per heavy atom. The molecule has 0 radical (unpaired) electrons. The highest BCUT2D eigenvalue weighted by Crippen LogP contribution is 2.53.